The lowest BCUT2D eigenvalue weighted by Gasteiger charge is -2.14. The zero-order valence-electron chi connectivity index (χ0n) is 11.5. The van der Waals surface area contributed by atoms with Gasteiger partial charge in [0.1, 0.15) is 0 Å². The molecular formula is C17H15NS2. The zero-order chi connectivity index (χ0) is 13.9. The van der Waals surface area contributed by atoms with E-state index in [9.17, 15) is 0 Å². The quantitative estimate of drug-likeness (QED) is 0.605. The van der Waals surface area contributed by atoms with Crippen LogP contribution in [-0.2, 0) is 0 Å². The van der Waals surface area contributed by atoms with Crippen LogP contribution in [0.5, 0.6) is 0 Å². The molecule has 0 saturated heterocycles. The fourth-order valence-corrected chi connectivity index (χ4v) is 4.17. The van der Waals surface area contributed by atoms with E-state index in [-0.39, 0.29) is 0 Å². The maximum Gasteiger partial charge on any atom is 0.0856 e. The Hall–Kier alpha value is -1.45. The Bertz CT molecular complexity index is 739. The van der Waals surface area contributed by atoms with Gasteiger partial charge in [-0.15, -0.1) is 23.5 Å². The Balaban J connectivity index is 2.37. The minimum Gasteiger partial charge on any atom is -0.247 e. The van der Waals surface area contributed by atoms with Gasteiger partial charge in [-0.05, 0) is 18.6 Å². The molecule has 0 bridgehead atoms. The third kappa shape index (κ3) is 2.32. The maximum atomic E-state index is 4.89. The molecule has 0 saturated carbocycles. The average Bonchev–Trinajstić information content (AvgIpc) is 2.53. The van der Waals surface area contributed by atoms with Crippen LogP contribution >= 0.6 is 23.5 Å². The van der Waals surface area contributed by atoms with Crippen LogP contribution in [0.25, 0.3) is 22.2 Å². The number of fused-ring (bicyclic) bond motifs is 1. The molecule has 0 aliphatic heterocycles. The van der Waals surface area contributed by atoms with Gasteiger partial charge in [-0.2, -0.15) is 0 Å². The minimum absolute atomic E-state index is 1.06. The number of rotatable bonds is 3. The Kier molecular flexibility index (Phi) is 3.99. The predicted molar refractivity (Wildman–Crippen MR) is 90.7 cm³/mol. The lowest BCUT2D eigenvalue weighted by molar-refractivity contribution is 1.21. The third-order valence-corrected chi connectivity index (χ3v) is 5.02. The summed E-state index contributed by atoms with van der Waals surface area (Å²) in [6.07, 6.45) is 4.26. The Morgan fingerprint density at radius 3 is 2.10 bits per heavy atom. The van der Waals surface area contributed by atoms with Gasteiger partial charge in [-0.25, -0.2) is 4.98 Å². The second-order valence-electron chi connectivity index (χ2n) is 4.41. The number of benzene rings is 2. The van der Waals surface area contributed by atoms with Gasteiger partial charge in [-0.3, -0.25) is 0 Å². The largest absolute Gasteiger partial charge is 0.247 e. The predicted octanol–water partition coefficient (Wildman–Crippen LogP) is 5.35. The van der Waals surface area contributed by atoms with E-state index in [1.807, 2.05) is 12.1 Å². The summed E-state index contributed by atoms with van der Waals surface area (Å²) in [5.41, 5.74) is 3.33. The molecule has 20 heavy (non-hydrogen) atoms. The van der Waals surface area contributed by atoms with Crippen LogP contribution in [0.3, 0.4) is 0 Å². The summed E-state index contributed by atoms with van der Waals surface area (Å²) in [6.45, 7) is 0. The van der Waals surface area contributed by atoms with Gasteiger partial charge in [0.25, 0.3) is 0 Å². The van der Waals surface area contributed by atoms with Crippen LogP contribution in [0.4, 0.5) is 0 Å². The molecule has 1 nitrogen and oxygen atoms in total. The second-order valence-corrected chi connectivity index (χ2v) is 6.04. The number of hydrogen-bond donors (Lipinski definition) is 0. The van der Waals surface area contributed by atoms with Crippen LogP contribution < -0.4 is 0 Å². The van der Waals surface area contributed by atoms with Gasteiger partial charge in [0.05, 0.1) is 11.2 Å². The first-order chi connectivity index (χ1) is 9.85. The molecule has 2 aromatic carbocycles. The average molecular weight is 297 g/mol. The Morgan fingerprint density at radius 1 is 0.750 bits per heavy atom. The van der Waals surface area contributed by atoms with Gasteiger partial charge in [0, 0.05) is 20.7 Å². The molecule has 3 aromatic rings. The van der Waals surface area contributed by atoms with E-state index in [0.717, 1.165) is 11.2 Å². The van der Waals surface area contributed by atoms with Crippen molar-refractivity contribution >= 4 is 34.4 Å². The highest BCUT2D eigenvalue weighted by atomic mass is 32.2. The van der Waals surface area contributed by atoms with Gasteiger partial charge in [-0.1, -0.05) is 48.5 Å². The molecule has 0 unspecified atom stereocenters. The van der Waals surface area contributed by atoms with Crippen molar-refractivity contribution in [3.05, 3.63) is 54.6 Å². The molecule has 0 fully saturated rings. The molecule has 0 aliphatic carbocycles. The smallest absolute Gasteiger partial charge is 0.0856 e. The zero-order valence-corrected chi connectivity index (χ0v) is 13.1. The van der Waals surface area contributed by atoms with E-state index in [1.54, 1.807) is 23.5 Å². The summed E-state index contributed by atoms with van der Waals surface area (Å²) in [5, 5.41) is 1.24. The fourth-order valence-electron chi connectivity index (χ4n) is 2.35. The molecule has 0 radical (unpaired) electrons. The van der Waals surface area contributed by atoms with Gasteiger partial charge >= 0.3 is 0 Å². The van der Waals surface area contributed by atoms with Crippen LogP contribution in [0.2, 0.25) is 0 Å². The summed E-state index contributed by atoms with van der Waals surface area (Å²) in [4.78, 5) is 7.48. The molecule has 0 aliphatic rings. The van der Waals surface area contributed by atoms with Crippen molar-refractivity contribution in [1.82, 2.24) is 4.98 Å². The van der Waals surface area contributed by atoms with Crippen LogP contribution in [0.1, 0.15) is 0 Å². The van der Waals surface area contributed by atoms with Gasteiger partial charge in [0.2, 0.25) is 0 Å². The standard InChI is InChI=1S/C17H15NS2/c1-19-16-13-10-6-7-11-14(13)18-15(17(16)20-2)12-8-4-3-5-9-12/h3-11H,1-2H3. The van der Waals surface area contributed by atoms with Crippen LogP contribution in [0.15, 0.2) is 64.4 Å². The molecule has 100 valence electrons. The monoisotopic (exact) mass is 297 g/mol. The van der Waals surface area contributed by atoms with E-state index in [4.69, 9.17) is 4.98 Å². The van der Waals surface area contributed by atoms with E-state index in [2.05, 4.69) is 55.0 Å². The third-order valence-electron chi connectivity index (χ3n) is 3.26. The SMILES string of the molecule is CSc1c(-c2ccccc2)nc2ccccc2c1SC. The number of nitrogens with zero attached hydrogens (tertiary/aromatic N) is 1. The lowest BCUT2D eigenvalue weighted by Crippen LogP contribution is -1.92. The van der Waals surface area contributed by atoms with Crippen molar-refractivity contribution in [2.24, 2.45) is 0 Å². The van der Waals surface area contributed by atoms with E-state index in [0.29, 0.717) is 0 Å². The van der Waals surface area contributed by atoms with Crippen LogP contribution in [-0.4, -0.2) is 17.5 Å². The molecule has 1 heterocycles. The number of pyridine rings is 1. The van der Waals surface area contributed by atoms with E-state index < -0.39 is 0 Å². The molecule has 3 heteroatoms. The van der Waals surface area contributed by atoms with Crippen molar-refractivity contribution < 1.29 is 0 Å². The number of para-hydroxylation sites is 1. The second kappa shape index (κ2) is 5.90. The van der Waals surface area contributed by atoms with Crippen molar-refractivity contribution in [2.75, 3.05) is 12.5 Å². The fraction of sp³-hybridized carbons (Fsp3) is 0.118. The Labute approximate surface area is 127 Å². The molecule has 0 spiro atoms. The van der Waals surface area contributed by atoms with Gasteiger partial charge < -0.3 is 0 Å². The maximum absolute atomic E-state index is 4.89. The number of hydrogen-bond acceptors (Lipinski definition) is 3. The first-order valence-electron chi connectivity index (χ1n) is 6.41. The van der Waals surface area contributed by atoms with Crippen molar-refractivity contribution in [3.8, 4) is 11.3 Å². The van der Waals surface area contributed by atoms with E-state index >= 15 is 0 Å². The molecular weight excluding hydrogens is 282 g/mol. The number of aromatic nitrogens is 1. The molecule has 3 rings (SSSR count). The first-order valence-corrected chi connectivity index (χ1v) is 8.86. The first kappa shape index (κ1) is 13.5. The normalized spacial score (nSPS) is 10.9. The van der Waals surface area contributed by atoms with E-state index in [1.165, 1.54) is 20.7 Å². The van der Waals surface area contributed by atoms with Crippen molar-refractivity contribution in [3.63, 3.8) is 0 Å². The summed E-state index contributed by atoms with van der Waals surface area (Å²) in [5.74, 6) is 0. The topological polar surface area (TPSA) is 12.9 Å². The highest BCUT2D eigenvalue weighted by molar-refractivity contribution is 8.01. The highest BCUT2D eigenvalue weighted by Gasteiger charge is 2.14. The number of thioether (sulfide) groups is 2. The minimum atomic E-state index is 1.06. The lowest BCUT2D eigenvalue weighted by atomic mass is 10.1. The summed E-state index contributed by atoms with van der Waals surface area (Å²) in [7, 11) is 0. The van der Waals surface area contributed by atoms with Crippen molar-refractivity contribution in [2.45, 2.75) is 9.79 Å². The summed E-state index contributed by atoms with van der Waals surface area (Å²) in [6, 6.07) is 18.8. The molecule has 0 atom stereocenters. The summed E-state index contributed by atoms with van der Waals surface area (Å²) < 4.78 is 0. The molecule has 0 amide bonds. The molecule has 1 aromatic heterocycles. The summed E-state index contributed by atoms with van der Waals surface area (Å²) >= 11 is 3.57. The molecule has 0 N–H and O–H groups in total. The highest BCUT2D eigenvalue weighted by Crippen LogP contribution is 2.40. The van der Waals surface area contributed by atoms with Crippen LogP contribution in [0, 0.1) is 0 Å². The van der Waals surface area contributed by atoms with Crippen molar-refractivity contribution in [1.29, 1.82) is 0 Å². The Morgan fingerprint density at radius 2 is 1.40 bits per heavy atom. The van der Waals surface area contributed by atoms with Gasteiger partial charge in [0.15, 0.2) is 0 Å².